The van der Waals surface area contributed by atoms with Gasteiger partial charge in [0, 0.05) is 13.3 Å². The third-order valence-corrected chi connectivity index (χ3v) is 1.53. The van der Waals surface area contributed by atoms with E-state index in [0.29, 0.717) is 14.1 Å². The highest BCUT2D eigenvalue weighted by Crippen LogP contribution is 2.22. The van der Waals surface area contributed by atoms with E-state index in [-0.39, 0.29) is 12.8 Å². The van der Waals surface area contributed by atoms with Crippen LogP contribution in [-0.2, 0) is 0 Å². The van der Waals surface area contributed by atoms with Crippen molar-refractivity contribution in [1.29, 1.82) is 0 Å². The molecule has 0 aliphatic rings. The number of rotatable bonds is 3. The van der Waals surface area contributed by atoms with Gasteiger partial charge in [-0.3, -0.25) is 4.39 Å². The molecule has 102 valence electrons. The van der Waals surface area contributed by atoms with Crippen molar-refractivity contribution in [3.63, 3.8) is 0 Å². The molecule has 0 saturated heterocycles. The molecule has 0 N–H and O–H groups in total. The Labute approximate surface area is 93.0 Å². The SMILES string of the molecule is CCC(C)(F)F.CCC(F)C(C)(F)F.CF. The van der Waals surface area contributed by atoms with Gasteiger partial charge in [-0.05, 0) is 13.3 Å². The molecule has 0 rings (SSSR count). The lowest BCUT2D eigenvalue weighted by atomic mass is 10.2. The number of alkyl halides is 6. The maximum Gasteiger partial charge on any atom is 0.275 e. The first-order valence-corrected chi connectivity index (χ1v) is 4.82. The second-order valence-corrected chi connectivity index (χ2v) is 3.26. The minimum absolute atomic E-state index is 0.0625. The molecule has 0 spiro atoms. The summed E-state index contributed by atoms with van der Waals surface area (Å²) in [7, 11) is 0.500. The van der Waals surface area contributed by atoms with E-state index >= 15 is 0 Å². The van der Waals surface area contributed by atoms with Crippen LogP contribution in [0.2, 0.25) is 0 Å². The summed E-state index contributed by atoms with van der Waals surface area (Å²) >= 11 is 0. The van der Waals surface area contributed by atoms with Crippen LogP contribution in [0.1, 0.15) is 40.5 Å². The topological polar surface area (TPSA) is 0 Å². The van der Waals surface area contributed by atoms with Crippen molar-refractivity contribution < 1.29 is 26.3 Å². The van der Waals surface area contributed by atoms with Crippen LogP contribution in [0.3, 0.4) is 0 Å². The molecule has 0 fully saturated rings. The largest absolute Gasteiger partial charge is 0.275 e. The van der Waals surface area contributed by atoms with Crippen molar-refractivity contribution in [2.24, 2.45) is 0 Å². The predicted molar refractivity (Wildman–Crippen MR) is 53.8 cm³/mol. The smallest absolute Gasteiger partial charge is 0.255 e. The Hall–Kier alpha value is -0.420. The van der Waals surface area contributed by atoms with E-state index in [9.17, 15) is 26.3 Å². The van der Waals surface area contributed by atoms with Crippen LogP contribution >= 0.6 is 0 Å². The standard InChI is InChI=1S/C5H9F3.C4H8F2.CH3F/c1-3-4(6)5(2,7)8;1-3-4(2,5)6;1-2/h4H,3H2,1-2H3;3H2,1-2H3;1H3. The molecule has 0 bridgehead atoms. The fourth-order valence-electron chi connectivity index (χ4n) is 0.358. The van der Waals surface area contributed by atoms with Crippen molar-refractivity contribution in [2.75, 3.05) is 7.18 Å². The molecule has 16 heavy (non-hydrogen) atoms. The van der Waals surface area contributed by atoms with E-state index in [0.717, 1.165) is 6.92 Å². The van der Waals surface area contributed by atoms with E-state index in [2.05, 4.69) is 0 Å². The van der Waals surface area contributed by atoms with Crippen molar-refractivity contribution in [2.45, 2.75) is 58.6 Å². The second-order valence-electron chi connectivity index (χ2n) is 3.26. The first-order valence-electron chi connectivity index (χ1n) is 4.82. The van der Waals surface area contributed by atoms with Crippen LogP contribution in [0.5, 0.6) is 0 Å². The van der Waals surface area contributed by atoms with Gasteiger partial charge >= 0.3 is 0 Å². The van der Waals surface area contributed by atoms with Gasteiger partial charge in [0.25, 0.3) is 5.92 Å². The van der Waals surface area contributed by atoms with Gasteiger partial charge in [0.05, 0.1) is 7.18 Å². The summed E-state index contributed by atoms with van der Waals surface area (Å²) in [5, 5.41) is 0. The third-order valence-electron chi connectivity index (χ3n) is 1.53. The quantitative estimate of drug-likeness (QED) is 0.620. The normalized spacial score (nSPS) is 12.9. The third kappa shape index (κ3) is 19.2. The van der Waals surface area contributed by atoms with Gasteiger partial charge in [-0.25, -0.2) is 22.0 Å². The molecule has 0 nitrogen and oxygen atoms in total. The zero-order valence-electron chi connectivity index (χ0n) is 10.3. The van der Waals surface area contributed by atoms with Crippen LogP contribution in [-0.4, -0.2) is 25.2 Å². The maximum atomic E-state index is 11.9. The molecule has 0 heterocycles. The van der Waals surface area contributed by atoms with Gasteiger partial charge in [0.15, 0.2) is 6.17 Å². The van der Waals surface area contributed by atoms with Crippen LogP contribution in [0.15, 0.2) is 0 Å². The monoisotopic (exact) mass is 254 g/mol. The lowest BCUT2D eigenvalue weighted by Gasteiger charge is -2.12. The molecule has 1 unspecified atom stereocenters. The zero-order chi connectivity index (χ0) is 14.0. The Kier molecular flexibility index (Phi) is 12.8. The van der Waals surface area contributed by atoms with Crippen molar-refractivity contribution in [3.05, 3.63) is 0 Å². The predicted octanol–water partition coefficient (Wildman–Crippen LogP) is 5.03. The van der Waals surface area contributed by atoms with Crippen LogP contribution in [0, 0.1) is 0 Å². The molecule has 0 radical (unpaired) electrons. The zero-order valence-corrected chi connectivity index (χ0v) is 10.3. The van der Waals surface area contributed by atoms with E-state index in [1.807, 2.05) is 0 Å². The number of halogens is 6. The fraction of sp³-hybridized carbons (Fsp3) is 1.00. The summed E-state index contributed by atoms with van der Waals surface area (Å²) in [6.07, 6.45) is -2.17. The molecule has 0 amide bonds. The Morgan fingerprint density at radius 1 is 0.938 bits per heavy atom. The molecular formula is C10H20F6. The van der Waals surface area contributed by atoms with Gasteiger partial charge in [-0.15, -0.1) is 0 Å². The van der Waals surface area contributed by atoms with E-state index in [4.69, 9.17) is 0 Å². The van der Waals surface area contributed by atoms with Gasteiger partial charge in [-0.1, -0.05) is 13.8 Å². The van der Waals surface area contributed by atoms with E-state index < -0.39 is 18.0 Å². The van der Waals surface area contributed by atoms with E-state index in [1.165, 1.54) is 13.8 Å². The molecule has 0 aromatic heterocycles. The van der Waals surface area contributed by atoms with Gasteiger partial charge in [-0.2, -0.15) is 0 Å². The summed E-state index contributed by atoms with van der Waals surface area (Å²) < 4.78 is 67.8. The molecule has 0 aliphatic carbocycles. The number of hydrogen-bond donors (Lipinski definition) is 0. The molecule has 0 aliphatic heterocycles. The first kappa shape index (κ1) is 20.9. The molecule has 0 aromatic rings. The minimum atomic E-state index is -3.16. The van der Waals surface area contributed by atoms with Crippen LogP contribution in [0.4, 0.5) is 26.3 Å². The van der Waals surface area contributed by atoms with E-state index in [1.54, 1.807) is 0 Å². The summed E-state index contributed by atoms with van der Waals surface area (Å²) in [5.74, 6) is -5.62. The molecular weight excluding hydrogens is 234 g/mol. The summed E-state index contributed by atoms with van der Waals surface area (Å²) in [6, 6.07) is 0. The Morgan fingerprint density at radius 2 is 1.19 bits per heavy atom. The fourth-order valence-corrected chi connectivity index (χ4v) is 0.358. The van der Waals surface area contributed by atoms with Crippen LogP contribution < -0.4 is 0 Å². The first-order chi connectivity index (χ1) is 7.04. The summed E-state index contributed by atoms with van der Waals surface area (Å²) in [4.78, 5) is 0. The van der Waals surface area contributed by atoms with Gasteiger partial charge in [0.2, 0.25) is 5.92 Å². The molecule has 6 heteroatoms. The summed E-state index contributed by atoms with van der Waals surface area (Å²) in [5.41, 5.74) is 0. The Morgan fingerprint density at radius 3 is 1.19 bits per heavy atom. The average Bonchev–Trinajstić information content (AvgIpc) is 2.18. The minimum Gasteiger partial charge on any atom is -0.255 e. The maximum absolute atomic E-state index is 11.9. The Balaban J connectivity index is -0.000000188. The highest BCUT2D eigenvalue weighted by atomic mass is 19.3. The highest BCUT2D eigenvalue weighted by Gasteiger charge is 2.32. The Bertz CT molecular complexity index is 135. The van der Waals surface area contributed by atoms with Gasteiger partial charge in [0.1, 0.15) is 0 Å². The van der Waals surface area contributed by atoms with Crippen molar-refractivity contribution in [3.8, 4) is 0 Å². The summed E-state index contributed by atoms with van der Waals surface area (Å²) in [6.45, 7) is 4.34. The lowest BCUT2D eigenvalue weighted by Crippen LogP contribution is -2.24. The lowest BCUT2D eigenvalue weighted by molar-refractivity contribution is -0.0558. The van der Waals surface area contributed by atoms with Crippen LogP contribution in [0.25, 0.3) is 0 Å². The second kappa shape index (κ2) is 9.78. The molecule has 1 atom stereocenters. The van der Waals surface area contributed by atoms with Crippen molar-refractivity contribution >= 4 is 0 Å². The van der Waals surface area contributed by atoms with Crippen molar-refractivity contribution in [1.82, 2.24) is 0 Å². The number of hydrogen-bond acceptors (Lipinski definition) is 0. The average molecular weight is 254 g/mol. The van der Waals surface area contributed by atoms with Gasteiger partial charge < -0.3 is 0 Å². The molecule has 0 saturated carbocycles. The molecule has 0 aromatic carbocycles. The highest BCUT2D eigenvalue weighted by molar-refractivity contribution is 4.68.